The Bertz CT molecular complexity index is 631. The van der Waals surface area contributed by atoms with Gasteiger partial charge in [-0.2, -0.15) is 0 Å². The molecule has 1 amide bonds. The Morgan fingerprint density at radius 3 is 3.11 bits per heavy atom. The van der Waals surface area contributed by atoms with E-state index in [1.165, 1.54) is 0 Å². The van der Waals surface area contributed by atoms with Crippen LogP contribution in [0.2, 0.25) is 0 Å². The third-order valence-corrected chi connectivity index (χ3v) is 4.33. The minimum absolute atomic E-state index is 0.0267. The molecule has 0 aliphatic carbocycles. The van der Waals surface area contributed by atoms with Crippen LogP contribution in [0.3, 0.4) is 0 Å². The lowest BCUT2D eigenvalue weighted by Crippen LogP contribution is -2.37. The number of aromatic nitrogens is 2. The number of thioether (sulfide) groups is 1. The van der Waals surface area contributed by atoms with Gasteiger partial charge >= 0.3 is 0 Å². The molecule has 1 aliphatic heterocycles. The van der Waals surface area contributed by atoms with Crippen molar-refractivity contribution >= 4 is 29.0 Å². The molecule has 5 nitrogen and oxygen atoms in total. The Morgan fingerprint density at radius 1 is 1.53 bits per heavy atom. The summed E-state index contributed by atoms with van der Waals surface area (Å²) in [6, 6.07) is 3.72. The number of amides is 1. The summed E-state index contributed by atoms with van der Waals surface area (Å²) in [4.78, 5) is 16.5. The van der Waals surface area contributed by atoms with Crippen LogP contribution in [0.25, 0.3) is 5.65 Å². The van der Waals surface area contributed by atoms with E-state index in [1.807, 2.05) is 36.6 Å². The Morgan fingerprint density at radius 2 is 2.37 bits per heavy atom. The number of carbonyl (C=O) groups is 1. The second-order valence-corrected chi connectivity index (χ2v) is 5.72. The van der Waals surface area contributed by atoms with Crippen LogP contribution in [-0.4, -0.2) is 33.0 Å². The molecule has 3 rings (SSSR count). The first kappa shape index (κ1) is 12.5. The largest absolute Gasteiger partial charge is 0.323 e. The van der Waals surface area contributed by atoms with E-state index in [4.69, 9.17) is 0 Å². The summed E-state index contributed by atoms with van der Waals surface area (Å²) in [6.45, 7) is 4.01. The van der Waals surface area contributed by atoms with E-state index < -0.39 is 0 Å². The van der Waals surface area contributed by atoms with E-state index in [9.17, 15) is 4.79 Å². The summed E-state index contributed by atoms with van der Waals surface area (Å²) in [7, 11) is 0. The molecule has 0 radical (unpaired) electrons. The van der Waals surface area contributed by atoms with Crippen LogP contribution in [0.1, 0.15) is 11.4 Å². The first-order valence-corrected chi connectivity index (χ1v) is 7.38. The molecule has 6 heteroatoms. The van der Waals surface area contributed by atoms with Gasteiger partial charge in [0.1, 0.15) is 5.65 Å². The third kappa shape index (κ3) is 2.33. The fraction of sp³-hybridized carbons (Fsp3) is 0.385. The van der Waals surface area contributed by atoms with Crippen LogP contribution in [0.15, 0.2) is 18.3 Å². The van der Waals surface area contributed by atoms with Gasteiger partial charge in [-0.25, -0.2) is 4.98 Å². The maximum atomic E-state index is 12.0. The molecule has 1 unspecified atom stereocenters. The lowest BCUT2D eigenvalue weighted by atomic mass is 10.3. The van der Waals surface area contributed by atoms with Gasteiger partial charge in [0.05, 0.1) is 17.4 Å². The van der Waals surface area contributed by atoms with Gasteiger partial charge < -0.3 is 9.72 Å². The molecular weight excluding hydrogens is 260 g/mol. The zero-order valence-electron chi connectivity index (χ0n) is 10.9. The number of nitrogens with one attached hydrogen (secondary N) is 2. The quantitative estimate of drug-likeness (QED) is 0.874. The standard InChI is InChI=1S/C13H16N4OS/c1-8-9(2)17-5-10(3-4-12(17)15-8)16-13(18)11-6-19-7-14-11/h3-5,11,14H,6-7H2,1-2H3,(H,16,18). The van der Waals surface area contributed by atoms with E-state index in [0.717, 1.165) is 34.4 Å². The van der Waals surface area contributed by atoms with Gasteiger partial charge in [0.25, 0.3) is 0 Å². The maximum absolute atomic E-state index is 12.0. The zero-order valence-corrected chi connectivity index (χ0v) is 11.8. The van der Waals surface area contributed by atoms with Crippen molar-refractivity contribution in [1.29, 1.82) is 0 Å². The molecule has 3 heterocycles. The number of anilines is 1. The molecule has 0 aromatic carbocycles. The highest BCUT2D eigenvalue weighted by Crippen LogP contribution is 2.16. The molecule has 1 saturated heterocycles. The lowest BCUT2D eigenvalue weighted by molar-refractivity contribution is -0.117. The van der Waals surface area contributed by atoms with Crippen LogP contribution in [0, 0.1) is 13.8 Å². The fourth-order valence-electron chi connectivity index (χ4n) is 2.15. The smallest absolute Gasteiger partial charge is 0.242 e. The van der Waals surface area contributed by atoms with E-state index in [-0.39, 0.29) is 11.9 Å². The van der Waals surface area contributed by atoms with Gasteiger partial charge in [0, 0.05) is 23.5 Å². The highest BCUT2D eigenvalue weighted by Gasteiger charge is 2.22. The number of hydrogen-bond donors (Lipinski definition) is 2. The second kappa shape index (κ2) is 4.86. The maximum Gasteiger partial charge on any atom is 0.242 e. The lowest BCUT2D eigenvalue weighted by Gasteiger charge is -2.10. The van der Waals surface area contributed by atoms with Gasteiger partial charge in [-0.05, 0) is 26.0 Å². The van der Waals surface area contributed by atoms with Gasteiger partial charge in [0.15, 0.2) is 0 Å². The first-order valence-electron chi connectivity index (χ1n) is 6.22. The predicted molar refractivity (Wildman–Crippen MR) is 77.5 cm³/mol. The van der Waals surface area contributed by atoms with Crippen molar-refractivity contribution in [2.24, 2.45) is 0 Å². The Hall–Kier alpha value is -1.53. The minimum Gasteiger partial charge on any atom is -0.323 e. The van der Waals surface area contributed by atoms with Crippen molar-refractivity contribution in [3.8, 4) is 0 Å². The van der Waals surface area contributed by atoms with E-state index in [0.29, 0.717) is 0 Å². The summed E-state index contributed by atoms with van der Waals surface area (Å²) in [5, 5.41) is 6.11. The average Bonchev–Trinajstić information content (AvgIpc) is 3.01. The zero-order chi connectivity index (χ0) is 13.4. The molecule has 2 aromatic heterocycles. The molecule has 2 N–H and O–H groups in total. The highest BCUT2D eigenvalue weighted by molar-refractivity contribution is 7.99. The number of fused-ring (bicyclic) bond motifs is 1. The van der Waals surface area contributed by atoms with Crippen LogP contribution in [0.5, 0.6) is 0 Å². The molecule has 1 aliphatic rings. The Balaban J connectivity index is 1.84. The van der Waals surface area contributed by atoms with Crippen LogP contribution in [-0.2, 0) is 4.79 Å². The molecule has 100 valence electrons. The Kier molecular flexibility index (Phi) is 3.20. The van der Waals surface area contributed by atoms with Crippen LogP contribution >= 0.6 is 11.8 Å². The van der Waals surface area contributed by atoms with E-state index in [1.54, 1.807) is 11.8 Å². The molecule has 0 bridgehead atoms. The minimum atomic E-state index is -0.0914. The fourth-order valence-corrected chi connectivity index (χ4v) is 3.09. The normalized spacial score (nSPS) is 18.9. The van der Waals surface area contributed by atoms with Crippen LogP contribution in [0.4, 0.5) is 5.69 Å². The molecule has 19 heavy (non-hydrogen) atoms. The summed E-state index contributed by atoms with van der Waals surface area (Å²) in [6.07, 6.45) is 1.92. The molecule has 0 spiro atoms. The van der Waals surface area contributed by atoms with Gasteiger partial charge in [-0.3, -0.25) is 10.1 Å². The summed E-state index contributed by atoms with van der Waals surface area (Å²) < 4.78 is 2.00. The number of imidazole rings is 1. The van der Waals surface area contributed by atoms with Crippen molar-refractivity contribution in [2.75, 3.05) is 16.9 Å². The van der Waals surface area contributed by atoms with Crippen molar-refractivity contribution < 1.29 is 4.79 Å². The molecule has 2 aromatic rings. The summed E-state index contributed by atoms with van der Waals surface area (Å²) >= 11 is 1.74. The molecule has 0 saturated carbocycles. The Labute approximate surface area is 115 Å². The average molecular weight is 276 g/mol. The number of rotatable bonds is 2. The number of aryl methyl sites for hydroxylation is 2. The highest BCUT2D eigenvalue weighted by atomic mass is 32.2. The van der Waals surface area contributed by atoms with Crippen molar-refractivity contribution in [3.63, 3.8) is 0 Å². The predicted octanol–water partition coefficient (Wildman–Crippen LogP) is 1.55. The molecule has 1 atom stereocenters. The number of carbonyl (C=O) groups excluding carboxylic acids is 1. The second-order valence-electron chi connectivity index (χ2n) is 4.69. The summed E-state index contributed by atoms with van der Waals surface area (Å²) in [5.74, 6) is 1.70. The number of pyridine rings is 1. The topological polar surface area (TPSA) is 58.4 Å². The molecule has 1 fully saturated rings. The van der Waals surface area contributed by atoms with E-state index >= 15 is 0 Å². The monoisotopic (exact) mass is 276 g/mol. The van der Waals surface area contributed by atoms with Gasteiger partial charge in [0.2, 0.25) is 5.91 Å². The van der Waals surface area contributed by atoms with Crippen molar-refractivity contribution in [1.82, 2.24) is 14.7 Å². The SMILES string of the molecule is Cc1nc2ccc(NC(=O)C3CSCN3)cn2c1C. The first-order chi connectivity index (χ1) is 9.15. The number of hydrogen-bond acceptors (Lipinski definition) is 4. The number of nitrogens with zero attached hydrogens (tertiary/aromatic N) is 2. The van der Waals surface area contributed by atoms with E-state index in [2.05, 4.69) is 15.6 Å². The van der Waals surface area contributed by atoms with Crippen molar-refractivity contribution in [2.45, 2.75) is 19.9 Å². The van der Waals surface area contributed by atoms with Gasteiger partial charge in [-0.15, -0.1) is 11.8 Å². The third-order valence-electron chi connectivity index (χ3n) is 3.39. The summed E-state index contributed by atoms with van der Waals surface area (Å²) in [5.41, 5.74) is 3.82. The molecular formula is C13H16N4OS. The van der Waals surface area contributed by atoms with Gasteiger partial charge in [-0.1, -0.05) is 0 Å². The van der Waals surface area contributed by atoms with Crippen LogP contribution < -0.4 is 10.6 Å². The van der Waals surface area contributed by atoms with Crippen molar-refractivity contribution in [3.05, 3.63) is 29.7 Å².